The molecule has 2 rings (SSSR count). The second-order valence-corrected chi connectivity index (χ2v) is 4.54. The molecule has 5 heteroatoms. The fraction of sp³-hybridized carbons (Fsp3) is 0.267. The lowest BCUT2D eigenvalue weighted by Crippen LogP contribution is -1.98. The molecule has 0 fully saturated rings. The van der Waals surface area contributed by atoms with E-state index in [1.807, 2.05) is 20.9 Å². The molecule has 0 aliphatic heterocycles. The molecule has 0 saturated carbocycles. The normalized spacial score (nSPS) is 10.6. The largest absolute Gasteiger partial charge is 0.491 e. The highest BCUT2D eigenvalue weighted by Gasteiger charge is 2.17. The van der Waals surface area contributed by atoms with Gasteiger partial charge in [-0.05, 0) is 32.0 Å². The van der Waals surface area contributed by atoms with Gasteiger partial charge in [-0.25, -0.2) is 4.39 Å². The van der Waals surface area contributed by atoms with Gasteiger partial charge in [-0.15, -0.1) is 0 Å². The van der Waals surface area contributed by atoms with Gasteiger partial charge in [-0.3, -0.25) is 4.68 Å². The fourth-order valence-corrected chi connectivity index (χ4v) is 2.12. The molecule has 0 amide bonds. The summed E-state index contributed by atoms with van der Waals surface area (Å²) in [7, 11) is 1.82. The van der Waals surface area contributed by atoms with Crippen molar-refractivity contribution in [1.82, 2.24) is 9.78 Å². The minimum Gasteiger partial charge on any atom is -0.491 e. The first kappa shape index (κ1) is 14.1. The van der Waals surface area contributed by atoms with Crippen molar-refractivity contribution in [3.8, 4) is 17.0 Å². The zero-order valence-corrected chi connectivity index (χ0v) is 11.9. The van der Waals surface area contributed by atoms with Crippen LogP contribution >= 0.6 is 0 Å². The van der Waals surface area contributed by atoms with Gasteiger partial charge in [0.15, 0.2) is 11.6 Å². The molecule has 0 bridgehead atoms. The third-order valence-corrected chi connectivity index (χ3v) is 3.16. The molecule has 2 N–H and O–H groups in total. The van der Waals surface area contributed by atoms with Crippen molar-refractivity contribution in [3.05, 3.63) is 41.9 Å². The Bertz CT molecular complexity index is 661. The van der Waals surface area contributed by atoms with Crippen LogP contribution in [0.1, 0.15) is 18.2 Å². The number of ether oxygens (including phenoxy) is 1. The Balaban J connectivity index is 2.55. The summed E-state index contributed by atoms with van der Waals surface area (Å²) in [6, 6.07) is 4.77. The minimum absolute atomic E-state index is 0.233. The summed E-state index contributed by atoms with van der Waals surface area (Å²) in [5, 5.41) is 4.39. The van der Waals surface area contributed by atoms with Crippen molar-refractivity contribution < 1.29 is 9.13 Å². The maximum Gasteiger partial charge on any atom is 0.165 e. The van der Waals surface area contributed by atoms with Crippen molar-refractivity contribution in [3.63, 3.8) is 0 Å². The van der Waals surface area contributed by atoms with Crippen molar-refractivity contribution in [2.45, 2.75) is 13.8 Å². The Labute approximate surface area is 117 Å². The van der Waals surface area contributed by atoms with Gasteiger partial charge in [-0.1, -0.05) is 6.58 Å². The van der Waals surface area contributed by atoms with E-state index in [1.54, 1.807) is 16.8 Å². The van der Waals surface area contributed by atoms with Crippen LogP contribution in [0.15, 0.2) is 24.8 Å². The van der Waals surface area contributed by atoms with E-state index in [2.05, 4.69) is 11.7 Å². The first-order chi connectivity index (χ1) is 9.45. The van der Waals surface area contributed by atoms with Gasteiger partial charge in [0.05, 0.1) is 6.61 Å². The lowest BCUT2D eigenvalue weighted by Gasteiger charge is -2.07. The highest BCUT2D eigenvalue weighted by molar-refractivity contribution is 5.78. The molecule has 0 saturated heterocycles. The van der Waals surface area contributed by atoms with Crippen molar-refractivity contribution in [2.75, 3.05) is 6.61 Å². The average Bonchev–Trinajstić information content (AvgIpc) is 2.68. The van der Waals surface area contributed by atoms with E-state index in [9.17, 15) is 4.39 Å². The molecule has 0 aliphatic rings. The van der Waals surface area contributed by atoms with Gasteiger partial charge in [0, 0.05) is 29.6 Å². The predicted octanol–water partition coefficient (Wildman–Crippen LogP) is 2.86. The van der Waals surface area contributed by atoms with Crippen LogP contribution in [-0.2, 0) is 7.05 Å². The number of benzene rings is 1. The molecule has 0 unspecified atom stereocenters. The van der Waals surface area contributed by atoms with E-state index in [0.717, 1.165) is 11.3 Å². The number of hydrogen-bond acceptors (Lipinski definition) is 3. The lowest BCUT2D eigenvalue weighted by atomic mass is 10.0. The van der Waals surface area contributed by atoms with Crippen LogP contribution in [0.5, 0.6) is 5.75 Å². The summed E-state index contributed by atoms with van der Waals surface area (Å²) in [4.78, 5) is 0. The standard InChI is InChI=1S/C15H18FN3O/c1-5-20-13-7-6-11(8-12(13)16)15-14(9(2)17)10(3)19(4)18-15/h6-8H,2,5,17H2,1,3-4H3. The van der Waals surface area contributed by atoms with Crippen molar-refractivity contribution in [1.29, 1.82) is 0 Å². The van der Waals surface area contributed by atoms with E-state index in [4.69, 9.17) is 10.5 Å². The number of hydrogen-bond donors (Lipinski definition) is 1. The highest BCUT2D eigenvalue weighted by atomic mass is 19.1. The van der Waals surface area contributed by atoms with E-state index >= 15 is 0 Å². The second-order valence-electron chi connectivity index (χ2n) is 4.54. The Hall–Kier alpha value is -2.30. The Kier molecular flexibility index (Phi) is 3.79. The predicted molar refractivity (Wildman–Crippen MR) is 77.7 cm³/mol. The minimum atomic E-state index is -0.416. The molecular weight excluding hydrogens is 257 g/mol. The third kappa shape index (κ3) is 2.39. The number of rotatable bonds is 4. The molecule has 0 aliphatic carbocycles. The number of aryl methyl sites for hydroxylation is 1. The number of nitrogens with two attached hydrogens (primary N) is 1. The molecule has 4 nitrogen and oxygen atoms in total. The summed E-state index contributed by atoms with van der Waals surface area (Å²) in [5.74, 6) is -0.182. The highest BCUT2D eigenvalue weighted by Crippen LogP contribution is 2.30. The van der Waals surface area contributed by atoms with Crippen molar-refractivity contribution in [2.24, 2.45) is 12.8 Å². The molecule has 106 valence electrons. The SMILES string of the molecule is C=C(N)c1c(-c2ccc(OCC)c(F)c2)nn(C)c1C. The van der Waals surface area contributed by atoms with Gasteiger partial charge in [0.2, 0.25) is 0 Å². The lowest BCUT2D eigenvalue weighted by molar-refractivity contribution is 0.321. The molecule has 0 spiro atoms. The molecular formula is C15H18FN3O. The van der Waals surface area contributed by atoms with Crippen LogP contribution in [0.25, 0.3) is 17.0 Å². The van der Waals surface area contributed by atoms with Gasteiger partial charge >= 0.3 is 0 Å². The van der Waals surface area contributed by atoms with E-state index in [-0.39, 0.29) is 5.75 Å². The van der Waals surface area contributed by atoms with Gasteiger partial charge in [0.25, 0.3) is 0 Å². The van der Waals surface area contributed by atoms with Crippen LogP contribution < -0.4 is 10.5 Å². The number of nitrogens with zero attached hydrogens (tertiary/aromatic N) is 2. The molecule has 1 aromatic carbocycles. The smallest absolute Gasteiger partial charge is 0.165 e. The maximum atomic E-state index is 13.9. The summed E-state index contributed by atoms with van der Waals surface area (Å²) in [6.07, 6.45) is 0. The summed E-state index contributed by atoms with van der Waals surface area (Å²) in [5.41, 5.74) is 9.14. The molecule has 0 atom stereocenters. The molecule has 2 aromatic rings. The van der Waals surface area contributed by atoms with Crippen LogP contribution in [0.4, 0.5) is 4.39 Å². The summed E-state index contributed by atoms with van der Waals surface area (Å²) in [6.45, 7) is 7.89. The molecule has 1 aromatic heterocycles. The van der Waals surface area contributed by atoms with Crippen LogP contribution in [0.2, 0.25) is 0 Å². The van der Waals surface area contributed by atoms with Gasteiger partial charge in [-0.2, -0.15) is 5.10 Å². The zero-order chi connectivity index (χ0) is 14.9. The van der Waals surface area contributed by atoms with Gasteiger partial charge in [0.1, 0.15) is 5.69 Å². The maximum absolute atomic E-state index is 13.9. The molecule has 1 heterocycles. The third-order valence-electron chi connectivity index (χ3n) is 3.16. The topological polar surface area (TPSA) is 53.1 Å². The first-order valence-electron chi connectivity index (χ1n) is 6.36. The summed E-state index contributed by atoms with van der Waals surface area (Å²) < 4.78 is 20.8. The van der Waals surface area contributed by atoms with E-state index in [1.165, 1.54) is 6.07 Å². The quantitative estimate of drug-likeness (QED) is 0.933. The van der Waals surface area contributed by atoms with Gasteiger partial charge < -0.3 is 10.5 Å². The second kappa shape index (κ2) is 5.36. The zero-order valence-electron chi connectivity index (χ0n) is 11.9. The average molecular weight is 275 g/mol. The molecule has 20 heavy (non-hydrogen) atoms. The van der Waals surface area contributed by atoms with E-state index in [0.29, 0.717) is 23.6 Å². The van der Waals surface area contributed by atoms with Crippen LogP contribution in [0, 0.1) is 12.7 Å². The Morgan fingerprint density at radius 1 is 1.50 bits per heavy atom. The van der Waals surface area contributed by atoms with Crippen LogP contribution in [0.3, 0.4) is 0 Å². The molecule has 0 radical (unpaired) electrons. The first-order valence-corrected chi connectivity index (χ1v) is 6.36. The Morgan fingerprint density at radius 3 is 2.75 bits per heavy atom. The monoisotopic (exact) mass is 275 g/mol. The van der Waals surface area contributed by atoms with Crippen molar-refractivity contribution >= 4 is 5.70 Å². The number of halogens is 1. The number of aromatic nitrogens is 2. The summed E-state index contributed by atoms with van der Waals surface area (Å²) >= 11 is 0. The van der Waals surface area contributed by atoms with Crippen LogP contribution in [-0.4, -0.2) is 16.4 Å². The Morgan fingerprint density at radius 2 is 2.20 bits per heavy atom. The van der Waals surface area contributed by atoms with E-state index < -0.39 is 5.82 Å². The fourth-order valence-electron chi connectivity index (χ4n) is 2.12.